The Bertz CT molecular complexity index is 1110. The smallest absolute Gasteiger partial charge is 0.229 e. The van der Waals surface area contributed by atoms with Gasteiger partial charge in [-0.15, -0.1) is 0 Å². The maximum atomic E-state index is 4.91. The largest absolute Gasteiger partial charge is 0.354 e. The molecule has 1 saturated heterocycles. The van der Waals surface area contributed by atoms with Crippen LogP contribution in [0.1, 0.15) is 74.1 Å². The van der Waals surface area contributed by atoms with E-state index in [9.17, 15) is 0 Å². The number of fused-ring (bicyclic) bond motifs is 5. The van der Waals surface area contributed by atoms with Crippen LogP contribution in [0.3, 0.4) is 0 Å². The third kappa shape index (κ3) is 4.69. The predicted octanol–water partition coefficient (Wildman–Crippen LogP) is 4.68. The molecular weight excluding hydrogens is 410 g/mol. The van der Waals surface area contributed by atoms with E-state index in [1.54, 1.807) is 0 Å². The van der Waals surface area contributed by atoms with Gasteiger partial charge in [0.2, 0.25) is 11.9 Å². The van der Waals surface area contributed by atoms with Crippen LogP contribution in [0.2, 0.25) is 0 Å². The number of nitrogens with one attached hydrogen (secondary N) is 3. The van der Waals surface area contributed by atoms with Gasteiger partial charge in [-0.1, -0.05) is 44.0 Å². The predicted molar refractivity (Wildman–Crippen MR) is 134 cm³/mol. The number of aromatic nitrogens is 4. The number of anilines is 2. The number of aryl methyl sites for hydroxylation is 2. The quantitative estimate of drug-likeness (QED) is 0.503. The first-order valence-corrected chi connectivity index (χ1v) is 12.6. The number of nitrogens with zero attached hydrogens (tertiary/aromatic N) is 4. The summed E-state index contributed by atoms with van der Waals surface area (Å²) in [6.07, 6.45) is 9.20. The Hall–Kier alpha value is -2.67. The van der Waals surface area contributed by atoms with E-state index >= 15 is 0 Å². The second kappa shape index (κ2) is 9.29. The van der Waals surface area contributed by atoms with E-state index in [0.717, 1.165) is 49.8 Å². The normalized spacial score (nSPS) is 19.0. The van der Waals surface area contributed by atoms with E-state index in [-0.39, 0.29) is 0 Å². The third-order valence-electron chi connectivity index (χ3n) is 7.51. The Balaban J connectivity index is 1.55. The fourth-order valence-electron chi connectivity index (χ4n) is 5.38. The topological polar surface area (TPSA) is 79.2 Å². The molecule has 2 aliphatic rings. The lowest BCUT2D eigenvalue weighted by molar-refractivity contribution is 0.195. The van der Waals surface area contributed by atoms with E-state index in [2.05, 4.69) is 60.0 Å². The Morgan fingerprint density at radius 1 is 1.00 bits per heavy atom. The van der Waals surface area contributed by atoms with Crippen molar-refractivity contribution in [2.75, 3.05) is 30.3 Å². The molecule has 3 aromatic rings. The summed E-state index contributed by atoms with van der Waals surface area (Å²) < 4.78 is 1.86. The average molecular weight is 448 g/mol. The Labute approximate surface area is 196 Å². The van der Waals surface area contributed by atoms with Gasteiger partial charge in [-0.05, 0) is 74.6 Å². The van der Waals surface area contributed by atoms with Gasteiger partial charge in [0, 0.05) is 18.7 Å². The molecule has 2 aliphatic heterocycles. The summed E-state index contributed by atoms with van der Waals surface area (Å²) in [6, 6.07) is 6.83. The molecule has 176 valence electrons. The average Bonchev–Trinajstić information content (AvgIpc) is 3.25. The summed E-state index contributed by atoms with van der Waals surface area (Å²) in [7, 11) is 0. The molecule has 2 aromatic heterocycles. The van der Waals surface area contributed by atoms with E-state index in [1.807, 2.05) is 10.7 Å². The first-order valence-electron chi connectivity index (χ1n) is 12.6. The molecule has 1 spiro atoms. The molecule has 5 rings (SSSR count). The lowest BCUT2D eigenvalue weighted by atomic mass is 9.74. The standard InChI is InChI=1S/C26H37N7/c1-18(2)22-16-30-33-23(22)31-24-29-17-26(10-12-27-13-11-26)9-5-4-6-20-14-19(3)7-8-21(20)15-28-25(33)32-24/h7-8,14,16,18,27H,4-6,9-13,15,17H2,1-3H3,(H2,28,29,31,32). The molecule has 7 nitrogen and oxygen atoms in total. The maximum absolute atomic E-state index is 4.91. The van der Waals surface area contributed by atoms with Crippen molar-refractivity contribution in [2.24, 2.45) is 5.41 Å². The van der Waals surface area contributed by atoms with Crippen molar-refractivity contribution < 1.29 is 0 Å². The number of hydrogen-bond acceptors (Lipinski definition) is 6. The molecule has 0 radical (unpaired) electrons. The second-order valence-corrected chi connectivity index (χ2v) is 10.3. The van der Waals surface area contributed by atoms with Gasteiger partial charge in [-0.3, -0.25) is 0 Å². The van der Waals surface area contributed by atoms with E-state index < -0.39 is 0 Å². The van der Waals surface area contributed by atoms with Gasteiger partial charge >= 0.3 is 0 Å². The van der Waals surface area contributed by atoms with Gasteiger partial charge in [0.1, 0.15) is 0 Å². The third-order valence-corrected chi connectivity index (χ3v) is 7.51. The zero-order chi connectivity index (χ0) is 22.8. The van der Waals surface area contributed by atoms with Crippen LogP contribution in [-0.2, 0) is 13.0 Å². The first kappa shape index (κ1) is 22.1. The van der Waals surface area contributed by atoms with Crippen molar-refractivity contribution in [2.45, 2.75) is 71.8 Å². The minimum atomic E-state index is 0.301. The van der Waals surface area contributed by atoms with Crippen LogP contribution >= 0.6 is 0 Å². The highest BCUT2D eigenvalue weighted by molar-refractivity contribution is 5.56. The molecule has 33 heavy (non-hydrogen) atoms. The van der Waals surface area contributed by atoms with Crippen LogP contribution in [0.4, 0.5) is 11.9 Å². The molecule has 0 saturated carbocycles. The number of benzene rings is 1. The van der Waals surface area contributed by atoms with Crippen molar-refractivity contribution in [1.82, 2.24) is 24.9 Å². The second-order valence-electron chi connectivity index (χ2n) is 10.3. The summed E-state index contributed by atoms with van der Waals surface area (Å²) in [6.45, 7) is 10.4. The monoisotopic (exact) mass is 447 g/mol. The van der Waals surface area contributed by atoms with Crippen LogP contribution in [0.15, 0.2) is 24.4 Å². The van der Waals surface area contributed by atoms with Crippen molar-refractivity contribution in [1.29, 1.82) is 0 Å². The van der Waals surface area contributed by atoms with Gasteiger partial charge in [0.25, 0.3) is 0 Å². The first-order chi connectivity index (χ1) is 16.0. The molecule has 2 bridgehead atoms. The van der Waals surface area contributed by atoms with Gasteiger partial charge in [-0.25, -0.2) is 0 Å². The highest BCUT2D eigenvalue weighted by Gasteiger charge is 2.32. The van der Waals surface area contributed by atoms with Crippen molar-refractivity contribution in [3.63, 3.8) is 0 Å². The lowest BCUT2D eigenvalue weighted by Gasteiger charge is -2.38. The minimum Gasteiger partial charge on any atom is -0.354 e. The van der Waals surface area contributed by atoms with Gasteiger partial charge < -0.3 is 16.0 Å². The summed E-state index contributed by atoms with van der Waals surface area (Å²) in [4.78, 5) is 9.79. The molecule has 0 unspecified atom stereocenters. The molecule has 1 aromatic carbocycles. The number of hydrogen-bond donors (Lipinski definition) is 3. The molecule has 0 amide bonds. The van der Waals surface area contributed by atoms with Crippen molar-refractivity contribution >= 4 is 17.5 Å². The van der Waals surface area contributed by atoms with E-state index in [1.165, 1.54) is 48.8 Å². The van der Waals surface area contributed by atoms with Crippen LogP contribution in [0.25, 0.3) is 5.65 Å². The van der Waals surface area contributed by atoms with Crippen molar-refractivity contribution in [3.05, 3.63) is 46.6 Å². The highest BCUT2D eigenvalue weighted by atomic mass is 15.4. The molecule has 0 atom stereocenters. The molecular formula is C26H37N7. The Morgan fingerprint density at radius 2 is 1.85 bits per heavy atom. The van der Waals surface area contributed by atoms with Crippen LogP contribution in [-0.4, -0.2) is 39.2 Å². The Kier molecular flexibility index (Phi) is 6.23. The lowest BCUT2D eigenvalue weighted by Crippen LogP contribution is -2.41. The minimum absolute atomic E-state index is 0.301. The summed E-state index contributed by atoms with van der Waals surface area (Å²) in [5.74, 6) is 1.80. The SMILES string of the molecule is Cc1ccc2c(c1)CCCCC1(CCNCC1)CNc1nc(n3ncc(C(C)C)c3n1)NC2. The molecule has 4 heterocycles. The molecule has 0 aliphatic carbocycles. The zero-order valence-electron chi connectivity index (χ0n) is 20.2. The fourth-order valence-corrected chi connectivity index (χ4v) is 5.38. The number of rotatable bonds is 1. The van der Waals surface area contributed by atoms with Crippen LogP contribution < -0.4 is 16.0 Å². The Morgan fingerprint density at radius 3 is 2.67 bits per heavy atom. The zero-order valence-corrected chi connectivity index (χ0v) is 20.2. The van der Waals surface area contributed by atoms with E-state index in [4.69, 9.17) is 9.97 Å². The summed E-state index contributed by atoms with van der Waals surface area (Å²) >= 11 is 0. The highest BCUT2D eigenvalue weighted by Crippen LogP contribution is 2.35. The van der Waals surface area contributed by atoms with Gasteiger partial charge in [0.15, 0.2) is 5.65 Å². The maximum Gasteiger partial charge on any atom is 0.229 e. The summed E-state index contributed by atoms with van der Waals surface area (Å²) in [5, 5.41) is 15.4. The summed E-state index contributed by atoms with van der Waals surface area (Å²) in [5.41, 5.74) is 6.46. The van der Waals surface area contributed by atoms with Crippen molar-refractivity contribution in [3.8, 4) is 0 Å². The van der Waals surface area contributed by atoms with Gasteiger partial charge in [0.05, 0.1) is 6.20 Å². The van der Waals surface area contributed by atoms with E-state index in [0.29, 0.717) is 17.3 Å². The van der Waals surface area contributed by atoms with Crippen LogP contribution in [0, 0.1) is 12.3 Å². The molecule has 3 N–H and O–H groups in total. The van der Waals surface area contributed by atoms with Gasteiger partial charge in [-0.2, -0.15) is 19.6 Å². The molecule has 1 fully saturated rings. The van der Waals surface area contributed by atoms with Crippen LogP contribution in [0.5, 0.6) is 0 Å². The molecule has 7 heteroatoms. The fraction of sp³-hybridized carbons (Fsp3) is 0.577. The number of piperidine rings is 1.